The van der Waals surface area contributed by atoms with E-state index in [4.69, 9.17) is 5.73 Å². The third kappa shape index (κ3) is 5.75. The van der Waals surface area contributed by atoms with E-state index in [1.807, 2.05) is 0 Å². The van der Waals surface area contributed by atoms with Crippen molar-refractivity contribution >= 4 is 59.4 Å². The number of hydrogen-bond donors (Lipinski definition) is 4. The van der Waals surface area contributed by atoms with Crippen LogP contribution in [0.1, 0.15) is 11.1 Å². The Balaban J connectivity index is 1.93. The van der Waals surface area contributed by atoms with E-state index in [0.717, 1.165) is 12.1 Å². The topological polar surface area (TPSA) is 204 Å². The number of anilines is 1. The second-order valence-corrected chi connectivity index (χ2v) is 11.2. The molecule has 0 aliphatic heterocycles. The van der Waals surface area contributed by atoms with Crippen LogP contribution in [0.2, 0.25) is 0 Å². The molecule has 0 amide bonds. The number of benzene rings is 4. The fourth-order valence-corrected chi connectivity index (χ4v) is 4.95. The van der Waals surface area contributed by atoms with Crippen molar-refractivity contribution in [2.45, 2.75) is 23.6 Å². The molecule has 0 bridgehead atoms. The molecule has 15 heteroatoms. The van der Waals surface area contributed by atoms with Crippen LogP contribution in [-0.4, -0.2) is 31.0 Å². The SMILES string of the molecule is Cc1ccc(N=Nc2c(N)ccc3c(O)c(N=Nc4ccc(C)c(F)c4)c(S(=O)(=O)O)cc23)c(S(=O)(=O)O)c1. The number of nitrogen functional groups attached to an aromatic ring is 1. The minimum Gasteiger partial charge on any atom is -0.505 e. The number of phenolic OH excluding ortho intramolecular Hbond substituents is 1. The van der Waals surface area contributed by atoms with Gasteiger partial charge < -0.3 is 10.8 Å². The summed E-state index contributed by atoms with van der Waals surface area (Å²) in [5.41, 5.74) is 5.79. The van der Waals surface area contributed by atoms with Gasteiger partial charge in [0.05, 0.1) is 11.4 Å². The lowest BCUT2D eigenvalue weighted by Gasteiger charge is -2.11. The van der Waals surface area contributed by atoms with Gasteiger partial charge >= 0.3 is 0 Å². The molecule has 0 aliphatic rings. The Kier molecular flexibility index (Phi) is 7.18. The van der Waals surface area contributed by atoms with E-state index < -0.39 is 47.3 Å². The molecule has 5 N–H and O–H groups in total. The van der Waals surface area contributed by atoms with Gasteiger partial charge in [-0.05, 0) is 61.4 Å². The number of nitrogens with zero attached hydrogens (tertiary/aromatic N) is 4. The van der Waals surface area contributed by atoms with Crippen LogP contribution >= 0.6 is 0 Å². The molecule has 0 spiro atoms. The van der Waals surface area contributed by atoms with E-state index in [1.165, 1.54) is 49.4 Å². The second kappa shape index (κ2) is 10.1. The van der Waals surface area contributed by atoms with Crippen LogP contribution in [0.25, 0.3) is 10.8 Å². The molecule has 4 aromatic rings. The monoisotopic (exact) mass is 573 g/mol. The van der Waals surface area contributed by atoms with Crippen molar-refractivity contribution in [2.75, 3.05) is 5.73 Å². The van der Waals surface area contributed by atoms with Gasteiger partial charge in [0.15, 0.2) is 5.75 Å². The summed E-state index contributed by atoms with van der Waals surface area (Å²) in [6.07, 6.45) is 0. The third-order valence-corrected chi connectivity index (χ3v) is 7.34. The molecule has 0 aliphatic carbocycles. The Morgan fingerprint density at radius 1 is 0.744 bits per heavy atom. The molecule has 4 rings (SSSR count). The number of aryl methyl sites for hydroxylation is 2. The molecule has 39 heavy (non-hydrogen) atoms. The van der Waals surface area contributed by atoms with Crippen molar-refractivity contribution in [3.8, 4) is 5.75 Å². The average Bonchev–Trinajstić information content (AvgIpc) is 2.84. The van der Waals surface area contributed by atoms with Crippen LogP contribution in [0.5, 0.6) is 5.75 Å². The molecule has 12 nitrogen and oxygen atoms in total. The van der Waals surface area contributed by atoms with Crippen molar-refractivity contribution < 1.29 is 35.4 Å². The predicted octanol–water partition coefficient (Wildman–Crippen LogP) is 6.21. The minimum atomic E-state index is -5.01. The molecule has 0 radical (unpaired) electrons. The summed E-state index contributed by atoms with van der Waals surface area (Å²) in [6.45, 7) is 3.13. The van der Waals surface area contributed by atoms with E-state index in [-0.39, 0.29) is 33.5 Å². The van der Waals surface area contributed by atoms with Crippen molar-refractivity contribution in [1.82, 2.24) is 0 Å². The van der Waals surface area contributed by atoms with Gasteiger partial charge in [-0.2, -0.15) is 21.9 Å². The third-order valence-electron chi connectivity index (χ3n) is 5.59. The first-order valence-electron chi connectivity index (χ1n) is 10.9. The van der Waals surface area contributed by atoms with Gasteiger partial charge in [0.25, 0.3) is 20.2 Å². The Morgan fingerprint density at radius 3 is 2.05 bits per heavy atom. The Morgan fingerprint density at radius 2 is 1.41 bits per heavy atom. The molecule has 0 saturated heterocycles. The molecule has 4 aromatic carbocycles. The molecule has 0 heterocycles. The normalized spacial score (nSPS) is 12.6. The minimum absolute atomic E-state index is 0.0124. The maximum Gasteiger partial charge on any atom is 0.296 e. The molecular weight excluding hydrogens is 553 g/mol. The van der Waals surface area contributed by atoms with E-state index in [0.29, 0.717) is 11.1 Å². The van der Waals surface area contributed by atoms with E-state index in [2.05, 4.69) is 20.5 Å². The number of phenols is 1. The second-order valence-electron chi connectivity index (χ2n) is 8.43. The van der Waals surface area contributed by atoms with Crippen LogP contribution < -0.4 is 5.73 Å². The largest absolute Gasteiger partial charge is 0.505 e. The Hall–Kier alpha value is -4.31. The lowest BCUT2D eigenvalue weighted by atomic mass is 10.1. The molecule has 0 unspecified atom stereocenters. The van der Waals surface area contributed by atoms with Crippen molar-refractivity contribution in [2.24, 2.45) is 20.5 Å². The number of rotatable bonds is 6. The number of aromatic hydroxyl groups is 1. The van der Waals surface area contributed by atoms with Crippen LogP contribution in [-0.2, 0) is 20.2 Å². The average molecular weight is 574 g/mol. The van der Waals surface area contributed by atoms with Gasteiger partial charge in [-0.3, -0.25) is 9.11 Å². The summed E-state index contributed by atoms with van der Waals surface area (Å²) < 4.78 is 81.3. The predicted molar refractivity (Wildman–Crippen MR) is 140 cm³/mol. The zero-order valence-electron chi connectivity index (χ0n) is 20.2. The molecule has 0 aromatic heterocycles. The number of hydrogen-bond acceptors (Lipinski definition) is 10. The number of azo groups is 2. The first kappa shape index (κ1) is 27.7. The molecular formula is C24H20FN5O7S2. The smallest absolute Gasteiger partial charge is 0.296 e. The molecule has 0 fully saturated rings. The Labute approximate surface area is 221 Å². The Bertz CT molecular complexity index is 1930. The number of halogens is 1. The molecule has 0 saturated carbocycles. The summed E-state index contributed by atoms with van der Waals surface area (Å²) in [6, 6.07) is 11.5. The highest BCUT2D eigenvalue weighted by molar-refractivity contribution is 7.86. The molecule has 202 valence electrons. The highest BCUT2D eigenvalue weighted by atomic mass is 32.2. The van der Waals surface area contributed by atoms with Gasteiger partial charge in [-0.15, -0.1) is 15.3 Å². The van der Waals surface area contributed by atoms with E-state index in [9.17, 15) is 35.4 Å². The fraction of sp³-hybridized carbons (Fsp3) is 0.0833. The summed E-state index contributed by atoms with van der Waals surface area (Å²) in [7, 11) is -9.68. The van der Waals surface area contributed by atoms with Crippen molar-refractivity contribution in [3.05, 3.63) is 71.5 Å². The van der Waals surface area contributed by atoms with Gasteiger partial charge in [0, 0.05) is 16.8 Å². The summed E-state index contributed by atoms with van der Waals surface area (Å²) >= 11 is 0. The molecule has 0 atom stereocenters. The van der Waals surface area contributed by atoms with Crippen LogP contribution in [0, 0.1) is 19.7 Å². The lowest BCUT2D eigenvalue weighted by Crippen LogP contribution is -2.00. The summed E-state index contributed by atoms with van der Waals surface area (Å²) in [4.78, 5) is -1.39. The van der Waals surface area contributed by atoms with E-state index in [1.54, 1.807) is 6.92 Å². The summed E-state index contributed by atoms with van der Waals surface area (Å²) in [5.74, 6) is -1.30. The lowest BCUT2D eigenvalue weighted by molar-refractivity contribution is 0.472. The van der Waals surface area contributed by atoms with Crippen molar-refractivity contribution in [3.63, 3.8) is 0 Å². The first-order chi connectivity index (χ1) is 18.2. The highest BCUT2D eigenvalue weighted by Crippen LogP contribution is 2.46. The van der Waals surface area contributed by atoms with Crippen LogP contribution in [0.15, 0.2) is 84.8 Å². The van der Waals surface area contributed by atoms with Crippen LogP contribution in [0.3, 0.4) is 0 Å². The van der Waals surface area contributed by atoms with Crippen molar-refractivity contribution in [1.29, 1.82) is 0 Å². The fourth-order valence-electron chi connectivity index (χ4n) is 3.59. The standard InChI is InChI=1S/C24H20FN5O7S2/c1-12-3-8-19(20(9-12)38(32,33)34)28-29-22-16-11-21(39(35,36)37)23(24(31)15(16)6-7-18(22)26)30-27-14-5-4-13(2)17(25)10-14/h3-11,31H,26H2,1-2H3,(H,32,33,34)(H,35,36,37). The first-order valence-corrected chi connectivity index (χ1v) is 13.8. The maximum absolute atomic E-state index is 13.9. The van der Waals surface area contributed by atoms with Gasteiger partial charge in [0.1, 0.15) is 32.7 Å². The van der Waals surface area contributed by atoms with Gasteiger partial charge in [0.2, 0.25) is 0 Å². The van der Waals surface area contributed by atoms with Gasteiger partial charge in [-0.25, -0.2) is 4.39 Å². The number of nitrogens with two attached hydrogens (primary N) is 1. The summed E-state index contributed by atoms with van der Waals surface area (Å²) in [5, 5.41) is 26.2. The maximum atomic E-state index is 13.9. The zero-order valence-corrected chi connectivity index (χ0v) is 21.9. The van der Waals surface area contributed by atoms with Gasteiger partial charge in [-0.1, -0.05) is 12.1 Å². The number of fused-ring (bicyclic) bond motifs is 1. The zero-order chi connectivity index (χ0) is 28.7. The quantitative estimate of drug-likeness (QED) is 0.118. The highest BCUT2D eigenvalue weighted by Gasteiger charge is 2.24. The van der Waals surface area contributed by atoms with E-state index >= 15 is 0 Å². The van der Waals surface area contributed by atoms with Crippen LogP contribution in [0.4, 0.5) is 32.8 Å².